The monoisotopic (exact) mass is 575 g/mol. The van der Waals surface area contributed by atoms with Gasteiger partial charge in [-0.05, 0) is 60.0 Å². The number of phenols is 1. The number of ether oxygens (including phenoxy) is 1. The predicted molar refractivity (Wildman–Crippen MR) is 149 cm³/mol. The molecule has 2 atom stereocenters. The number of fused-ring (bicyclic) bond motifs is 1. The summed E-state index contributed by atoms with van der Waals surface area (Å²) in [5.74, 6) is -1.48. The topological polar surface area (TPSA) is 113 Å². The molecule has 40 heavy (non-hydrogen) atoms. The van der Waals surface area contributed by atoms with Crippen molar-refractivity contribution in [3.05, 3.63) is 100 Å². The van der Waals surface area contributed by atoms with Crippen molar-refractivity contribution in [2.24, 2.45) is 0 Å². The average molecular weight is 576 g/mol. The van der Waals surface area contributed by atoms with Crippen LogP contribution in [0.2, 0.25) is 0 Å². The van der Waals surface area contributed by atoms with Crippen molar-refractivity contribution >= 4 is 45.7 Å². The second-order valence-corrected chi connectivity index (χ2v) is 11.6. The van der Waals surface area contributed by atoms with E-state index in [1.807, 2.05) is 6.92 Å². The third kappa shape index (κ3) is 4.71. The number of amides is 1. The van der Waals surface area contributed by atoms with Crippen molar-refractivity contribution in [1.82, 2.24) is 10.2 Å². The van der Waals surface area contributed by atoms with E-state index in [9.17, 15) is 24.2 Å². The lowest BCUT2D eigenvalue weighted by Crippen LogP contribution is -2.29. The molecule has 1 aromatic heterocycles. The number of aromatic hydroxyl groups is 1. The first kappa shape index (κ1) is 26.0. The largest absolute Gasteiger partial charge is 0.508 e. The Morgan fingerprint density at radius 3 is 2.75 bits per heavy atom. The van der Waals surface area contributed by atoms with E-state index in [0.717, 1.165) is 16.9 Å². The summed E-state index contributed by atoms with van der Waals surface area (Å²) >= 11 is 2.33. The number of thioether (sulfide) groups is 1. The zero-order valence-electron chi connectivity index (χ0n) is 21.1. The van der Waals surface area contributed by atoms with Crippen LogP contribution in [-0.2, 0) is 21.8 Å². The Balaban J connectivity index is 1.39. The van der Waals surface area contributed by atoms with E-state index in [2.05, 4.69) is 10.2 Å². The molecule has 2 aliphatic rings. The third-order valence-electron chi connectivity index (χ3n) is 6.71. The summed E-state index contributed by atoms with van der Waals surface area (Å²) < 4.78 is 20.3. The molecule has 6 rings (SSSR count). The lowest BCUT2D eigenvalue weighted by molar-refractivity contribution is -0.132. The Morgan fingerprint density at radius 1 is 1.12 bits per heavy atom. The van der Waals surface area contributed by atoms with Gasteiger partial charge in [0, 0.05) is 17.7 Å². The first-order chi connectivity index (χ1) is 19.3. The van der Waals surface area contributed by atoms with Crippen molar-refractivity contribution in [2.45, 2.75) is 35.6 Å². The normalized spacial score (nSPS) is 19.6. The lowest BCUT2D eigenvalue weighted by atomic mass is 9.94. The zero-order valence-corrected chi connectivity index (χ0v) is 22.7. The summed E-state index contributed by atoms with van der Waals surface area (Å²) in [6.07, 6.45) is 0.645. The molecular weight excluding hydrogens is 553 g/mol. The molecule has 4 aromatic rings. The van der Waals surface area contributed by atoms with E-state index in [4.69, 9.17) is 4.74 Å². The fraction of sp³-hybridized carbons (Fsp3) is 0.172. The average Bonchev–Trinajstić information content (AvgIpc) is 3.63. The molecule has 0 spiro atoms. The number of anilines is 1. The van der Waals surface area contributed by atoms with E-state index < -0.39 is 17.7 Å². The molecule has 2 aliphatic heterocycles. The second-order valence-electron chi connectivity index (χ2n) is 9.45. The molecule has 3 aromatic carbocycles. The first-order valence-corrected chi connectivity index (χ1v) is 14.2. The Hall–Kier alpha value is -4.22. The van der Waals surface area contributed by atoms with Crippen LogP contribution in [0.25, 0.3) is 5.76 Å². The maximum absolute atomic E-state index is 14.1. The summed E-state index contributed by atoms with van der Waals surface area (Å²) in [6, 6.07) is 16.6. The summed E-state index contributed by atoms with van der Waals surface area (Å²) in [5.41, 5.74) is 2.05. The van der Waals surface area contributed by atoms with E-state index in [-0.39, 0.29) is 34.1 Å². The summed E-state index contributed by atoms with van der Waals surface area (Å²) in [5, 5.41) is 30.1. The molecule has 8 nitrogen and oxygen atoms in total. The molecule has 1 fully saturated rings. The van der Waals surface area contributed by atoms with E-state index in [0.29, 0.717) is 39.0 Å². The van der Waals surface area contributed by atoms with Crippen LogP contribution in [0.15, 0.2) is 76.6 Å². The van der Waals surface area contributed by atoms with Crippen LogP contribution >= 0.6 is 23.1 Å². The van der Waals surface area contributed by atoms with E-state index in [1.54, 1.807) is 48.5 Å². The van der Waals surface area contributed by atoms with Crippen molar-refractivity contribution in [3.63, 3.8) is 0 Å². The number of carbonyl (C=O) groups is 2. The van der Waals surface area contributed by atoms with Crippen LogP contribution in [-0.4, -0.2) is 38.2 Å². The molecule has 1 amide bonds. The maximum Gasteiger partial charge on any atom is 0.301 e. The Morgan fingerprint density at radius 2 is 1.95 bits per heavy atom. The van der Waals surface area contributed by atoms with Gasteiger partial charge < -0.3 is 14.9 Å². The Labute approximate surface area is 236 Å². The fourth-order valence-electron chi connectivity index (χ4n) is 4.88. The number of benzene rings is 3. The van der Waals surface area contributed by atoms with Crippen LogP contribution in [0.5, 0.6) is 11.5 Å². The van der Waals surface area contributed by atoms with Crippen molar-refractivity contribution in [2.75, 3.05) is 4.90 Å². The molecule has 202 valence electrons. The second kappa shape index (κ2) is 10.4. The van der Waals surface area contributed by atoms with Crippen LogP contribution < -0.4 is 9.64 Å². The van der Waals surface area contributed by atoms with Gasteiger partial charge >= 0.3 is 5.91 Å². The minimum absolute atomic E-state index is 0.00637. The number of nitrogens with zero attached hydrogens (tertiary/aromatic N) is 3. The molecule has 2 N–H and O–H groups in total. The minimum Gasteiger partial charge on any atom is -0.508 e. The molecule has 0 bridgehead atoms. The maximum atomic E-state index is 14.1. The Kier molecular flexibility index (Phi) is 6.77. The van der Waals surface area contributed by atoms with Crippen molar-refractivity contribution < 1.29 is 28.9 Å². The van der Waals surface area contributed by atoms with Gasteiger partial charge in [-0.15, -0.1) is 10.2 Å². The number of aliphatic hydroxyl groups is 1. The first-order valence-electron chi connectivity index (χ1n) is 12.4. The van der Waals surface area contributed by atoms with Gasteiger partial charge in [-0.25, -0.2) is 4.39 Å². The molecule has 3 heterocycles. The highest BCUT2D eigenvalue weighted by Gasteiger charge is 2.48. The zero-order chi connectivity index (χ0) is 28.0. The third-order valence-corrected chi connectivity index (χ3v) is 8.82. The van der Waals surface area contributed by atoms with Crippen molar-refractivity contribution in [1.29, 1.82) is 0 Å². The number of rotatable bonds is 6. The van der Waals surface area contributed by atoms with Gasteiger partial charge in [-0.1, -0.05) is 53.4 Å². The molecule has 1 saturated heterocycles. The summed E-state index contributed by atoms with van der Waals surface area (Å²) in [6.45, 7) is 1.94. The minimum atomic E-state index is -1.06. The quantitative estimate of drug-likeness (QED) is 0.100. The van der Waals surface area contributed by atoms with Crippen LogP contribution in [0.4, 0.5) is 9.52 Å². The van der Waals surface area contributed by atoms with Gasteiger partial charge in [0.05, 0.1) is 11.6 Å². The molecular formula is C29H22FN3O5S2. The predicted octanol–water partition coefficient (Wildman–Crippen LogP) is 5.62. The highest BCUT2D eigenvalue weighted by Crippen LogP contribution is 2.45. The molecule has 0 unspecified atom stereocenters. The number of hydrogen-bond donors (Lipinski definition) is 2. The van der Waals surface area contributed by atoms with Gasteiger partial charge in [-0.2, -0.15) is 0 Å². The van der Waals surface area contributed by atoms with Crippen LogP contribution in [0.1, 0.15) is 35.2 Å². The Bertz CT molecular complexity index is 1690. The van der Waals surface area contributed by atoms with Crippen LogP contribution in [0, 0.1) is 5.82 Å². The highest BCUT2D eigenvalue weighted by atomic mass is 32.2. The number of hydrogen-bond acceptors (Lipinski definition) is 9. The van der Waals surface area contributed by atoms with E-state index >= 15 is 0 Å². The SMILES string of the molecule is C[C@@H]1Cc2cc(C(O)=C3C(=O)C(=O)N(c4nnc(SCc5ccccc5F)s4)[C@H]3c3cccc(O)c3)ccc2O1. The number of carbonyl (C=O) groups excluding carboxylic acids is 2. The summed E-state index contributed by atoms with van der Waals surface area (Å²) in [4.78, 5) is 28.0. The van der Waals surface area contributed by atoms with Gasteiger partial charge in [0.15, 0.2) is 4.34 Å². The molecule has 0 aliphatic carbocycles. The van der Waals surface area contributed by atoms with Crippen LogP contribution in [0.3, 0.4) is 0 Å². The molecule has 0 saturated carbocycles. The lowest BCUT2D eigenvalue weighted by Gasteiger charge is -2.22. The van der Waals surface area contributed by atoms with E-state index in [1.165, 1.54) is 34.9 Å². The highest BCUT2D eigenvalue weighted by molar-refractivity contribution is 8.00. The molecule has 11 heteroatoms. The number of ketones is 1. The fourth-order valence-corrected chi connectivity index (χ4v) is 6.73. The standard InChI is InChI=1S/C29H22FN3O5S2/c1-15-11-19-12-17(9-10-22(19)38-15)25(35)23-24(16-6-4-7-20(34)13-16)33(27(37)26(23)36)28-31-32-29(40-28)39-14-18-5-2-3-8-21(18)30/h2-10,12-13,15,24,34-35H,11,14H2,1H3/t15-,24+/m1/s1. The number of halogens is 1. The number of aliphatic hydroxyl groups excluding tert-OH is 1. The number of phenolic OH excluding ortho intramolecular Hbond substituents is 1. The van der Waals surface area contributed by atoms with Gasteiger partial charge in [0.25, 0.3) is 5.78 Å². The molecule has 0 radical (unpaired) electrons. The number of aromatic nitrogens is 2. The summed E-state index contributed by atoms with van der Waals surface area (Å²) in [7, 11) is 0. The number of Topliss-reactive ketones (excluding diaryl/α,β-unsaturated/α-hetero) is 1. The van der Waals surface area contributed by atoms with Gasteiger partial charge in [-0.3, -0.25) is 14.5 Å². The smallest absolute Gasteiger partial charge is 0.301 e. The van der Waals surface area contributed by atoms with Crippen molar-refractivity contribution in [3.8, 4) is 11.5 Å². The van der Waals surface area contributed by atoms with Gasteiger partial charge in [0.2, 0.25) is 5.13 Å². The van der Waals surface area contributed by atoms with Gasteiger partial charge in [0.1, 0.15) is 29.2 Å².